The zero-order valence-corrected chi connectivity index (χ0v) is 44.2. The van der Waals surface area contributed by atoms with Crippen LogP contribution in [-0.4, -0.2) is 26.4 Å². The van der Waals surface area contributed by atoms with Crippen molar-refractivity contribution in [2.24, 2.45) is 0 Å². The maximum Gasteiger partial charge on any atom is 0.126 e. The van der Waals surface area contributed by atoms with Crippen molar-refractivity contribution in [2.45, 2.75) is 117 Å². The summed E-state index contributed by atoms with van der Waals surface area (Å²) in [4.78, 5) is 0. The summed E-state index contributed by atoms with van der Waals surface area (Å²) in [7, 11) is 0. The molecule has 74 heavy (non-hydrogen) atoms. The molecule has 4 nitrogen and oxygen atoms in total. The highest BCUT2D eigenvalue weighted by Gasteiger charge is 2.24. The second-order valence-electron chi connectivity index (χ2n) is 20.2. The van der Waals surface area contributed by atoms with Crippen molar-refractivity contribution < 1.29 is 18.9 Å². The predicted octanol–water partition coefficient (Wildman–Crippen LogP) is 18.6. The Morgan fingerprint density at radius 3 is 1.05 bits per heavy atom. The Bertz CT molecular complexity index is 2850. The minimum absolute atomic E-state index is 0.617. The second-order valence-corrected chi connectivity index (χ2v) is 20.2. The van der Waals surface area contributed by atoms with E-state index < -0.39 is 0 Å². The van der Waals surface area contributed by atoms with Gasteiger partial charge in [-0.25, -0.2) is 0 Å². The minimum Gasteiger partial charge on any atom is -0.493 e. The van der Waals surface area contributed by atoms with Gasteiger partial charge in [0.1, 0.15) is 23.0 Å². The third-order valence-corrected chi connectivity index (χ3v) is 14.6. The lowest BCUT2D eigenvalue weighted by Crippen LogP contribution is -2.10. The first-order valence-electron chi connectivity index (χ1n) is 27.8. The van der Waals surface area contributed by atoms with Gasteiger partial charge in [0.05, 0.1) is 26.4 Å². The molecule has 1 aliphatic carbocycles. The van der Waals surface area contributed by atoms with Gasteiger partial charge < -0.3 is 18.9 Å². The van der Waals surface area contributed by atoms with Crippen molar-refractivity contribution in [3.63, 3.8) is 0 Å². The van der Waals surface area contributed by atoms with E-state index in [9.17, 15) is 0 Å². The molecule has 8 bridgehead atoms. The molecule has 1 aliphatic rings. The summed E-state index contributed by atoms with van der Waals surface area (Å²) in [6.07, 6.45) is 19.4. The van der Waals surface area contributed by atoms with Gasteiger partial charge in [-0.3, -0.25) is 0 Å². The van der Waals surface area contributed by atoms with Crippen LogP contribution in [0.15, 0.2) is 171 Å². The van der Waals surface area contributed by atoms with Gasteiger partial charge in [0.25, 0.3) is 0 Å². The monoisotopic (exact) mass is 981 g/mol. The first-order valence-corrected chi connectivity index (χ1v) is 27.8. The highest BCUT2D eigenvalue weighted by atomic mass is 16.5. The molecule has 0 atom stereocenters. The number of allylic oxidation sites excluding steroid dienone is 2. The Morgan fingerprint density at radius 2 is 0.676 bits per heavy atom. The molecule has 0 N–H and O–H groups in total. The molecule has 0 amide bonds. The van der Waals surface area contributed by atoms with E-state index in [1.165, 1.54) is 56.6 Å². The Hall–Kier alpha value is -7.04. The number of rotatable bonds is 24. The average Bonchev–Trinajstić information content (AvgIpc) is 3.42. The number of fused-ring (bicyclic) bond motifs is 10. The van der Waals surface area contributed by atoms with Gasteiger partial charge in [0.2, 0.25) is 0 Å². The quantitative estimate of drug-likeness (QED) is 0.0447. The fourth-order valence-electron chi connectivity index (χ4n) is 10.9. The van der Waals surface area contributed by atoms with Gasteiger partial charge in [-0.15, -0.1) is 13.2 Å². The summed E-state index contributed by atoms with van der Waals surface area (Å²) >= 11 is 0. The number of hydrogen-bond donors (Lipinski definition) is 0. The van der Waals surface area contributed by atoms with E-state index in [4.69, 9.17) is 18.9 Å². The predicted molar refractivity (Wildman–Crippen MR) is 312 cm³/mol. The van der Waals surface area contributed by atoms with Crippen molar-refractivity contribution in [3.05, 3.63) is 215 Å². The molecule has 9 rings (SSSR count). The van der Waals surface area contributed by atoms with Gasteiger partial charge in [-0.2, -0.15) is 0 Å². The molecule has 0 fully saturated rings. The van der Waals surface area contributed by atoms with E-state index in [0.717, 1.165) is 132 Å². The standard InChI is InChI=1S/C70H76O4/c1-5-9-11-13-15-21-41-73-67-53-31-23-32-54(67)44-60-48-58(66-38-26-30-52-28-18-20-36-64(52)66)50-62(70(60)72-40-8-4)46-56-34-24-33-55(68(56)74-42-22-16-14-12-10-6-2)45-61-49-57(47-59(43-53)69(61)71-39-7-3)65-37-25-29-51-27-17-19-35-63(51)65/h5-6,17-20,23-38,47-50H,1-2,7-16,21-22,39-46H2,3-4H3. The van der Waals surface area contributed by atoms with E-state index in [0.29, 0.717) is 52.1 Å². The van der Waals surface area contributed by atoms with Crippen molar-refractivity contribution in [2.75, 3.05) is 26.4 Å². The van der Waals surface area contributed by atoms with Crippen molar-refractivity contribution in [1.29, 1.82) is 0 Å². The van der Waals surface area contributed by atoms with Gasteiger partial charge >= 0.3 is 0 Å². The van der Waals surface area contributed by atoms with E-state index in [1.54, 1.807) is 0 Å². The maximum atomic E-state index is 7.15. The first-order chi connectivity index (χ1) is 36.6. The lowest BCUT2D eigenvalue weighted by Gasteiger charge is -2.24. The zero-order chi connectivity index (χ0) is 50.9. The molecule has 8 aromatic rings. The van der Waals surface area contributed by atoms with Crippen LogP contribution in [-0.2, 0) is 25.7 Å². The van der Waals surface area contributed by atoms with Crippen molar-refractivity contribution in [3.8, 4) is 45.3 Å². The first kappa shape index (κ1) is 51.8. The number of benzene rings is 8. The van der Waals surface area contributed by atoms with Gasteiger partial charge in [-0.1, -0.05) is 173 Å². The smallest absolute Gasteiger partial charge is 0.126 e. The minimum atomic E-state index is 0.617. The molecule has 4 heteroatoms. The Morgan fingerprint density at radius 1 is 0.351 bits per heavy atom. The van der Waals surface area contributed by atoms with E-state index >= 15 is 0 Å². The van der Waals surface area contributed by atoms with Crippen LogP contribution in [0, 0.1) is 0 Å². The van der Waals surface area contributed by atoms with Crippen molar-refractivity contribution in [1.82, 2.24) is 0 Å². The van der Waals surface area contributed by atoms with Gasteiger partial charge in [0.15, 0.2) is 0 Å². The van der Waals surface area contributed by atoms with Crippen LogP contribution in [0.2, 0.25) is 0 Å². The highest BCUT2D eigenvalue weighted by Crippen LogP contribution is 2.43. The molecule has 8 aromatic carbocycles. The average molecular weight is 981 g/mol. The second kappa shape index (κ2) is 26.3. The molecular formula is C70H76O4. The topological polar surface area (TPSA) is 36.9 Å². The zero-order valence-electron chi connectivity index (χ0n) is 44.2. The van der Waals surface area contributed by atoms with Crippen LogP contribution in [0.5, 0.6) is 23.0 Å². The highest BCUT2D eigenvalue weighted by molar-refractivity contribution is 5.98. The summed E-state index contributed by atoms with van der Waals surface area (Å²) in [6, 6.07) is 54.0. The Balaban J connectivity index is 1.27. The summed E-state index contributed by atoms with van der Waals surface area (Å²) in [5.41, 5.74) is 14.0. The van der Waals surface area contributed by atoms with Crippen LogP contribution in [0.3, 0.4) is 0 Å². The molecular weight excluding hydrogens is 905 g/mol. The molecule has 0 unspecified atom stereocenters. The Kier molecular flexibility index (Phi) is 18.4. The summed E-state index contributed by atoms with van der Waals surface area (Å²) in [6.45, 7) is 14.8. The molecule has 380 valence electrons. The maximum absolute atomic E-state index is 7.15. The number of para-hydroxylation sites is 2. The third-order valence-electron chi connectivity index (χ3n) is 14.6. The van der Waals surface area contributed by atoms with Crippen LogP contribution < -0.4 is 18.9 Å². The third kappa shape index (κ3) is 12.6. The lowest BCUT2D eigenvalue weighted by molar-refractivity contribution is 0.296. The van der Waals surface area contributed by atoms with Crippen molar-refractivity contribution >= 4 is 21.5 Å². The van der Waals surface area contributed by atoms with Gasteiger partial charge in [0, 0.05) is 25.7 Å². The number of ether oxygens (including phenoxy) is 4. The number of unbranched alkanes of at least 4 members (excludes halogenated alkanes) is 8. The molecule has 0 spiro atoms. The van der Waals surface area contributed by atoms with E-state index in [1.807, 2.05) is 12.2 Å². The summed E-state index contributed by atoms with van der Waals surface area (Å²) in [5.74, 6) is 3.85. The normalized spacial score (nSPS) is 12.1. The van der Waals surface area contributed by atoms with E-state index in [-0.39, 0.29) is 0 Å². The lowest BCUT2D eigenvalue weighted by atomic mass is 9.87. The van der Waals surface area contributed by atoms with Crippen LogP contribution in [0.25, 0.3) is 43.8 Å². The van der Waals surface area contributed by atoms with Crippen LogP contribution >= 0.6 is 0 Å². The van der Waals surface area contributed by atoms with Crippen LogP contribution in [0.1, 0.15) is 135 Å². The van der Waals surface area contributed by atoms with E-state index in [2.05, 4.69) is 173 Å². The molecule has 0 radical (unpaired) electrons. The summed E-state index contributed by atoms with van der Waals surface area (Å²) < 4.78 is 28.3. The molecule has 0 saturated carbocycles. The fraction of sp³-hybridized carbons (Fsp3) is 0.314. The molecule has 0 aliphatic heterocycles. The SMILES string of the molecule is C=CCCCCCCOc1c2cccc1Cc1cc(-c3cccc4ccccc34)cc(c1OCCC)Cc1cccc(c1OCCCCCCC=C)Cc1cc(-c3cccc4ccccc34)cc(c1OCCC)C2. The molecule has 0 heterocycles. The molecule has 0 aromatic heterocycles. The molecule has 0 saturated heterocycles. The van der Waals surface area contributed by atoms with Gasteiger partial charge in [-0.05, 0) is 164 Å². The number of hydrogen-bond acceptors (Lipinski definition) is 4. The largest absolute Gasteiger partial charge is 0.493 e. The van der Waals surface area contributed by atoms with Crippen LogP contribution in [0.4, 0.5) is 0 Å². The Labute approximate surface area is 442 Å². The summed E-state index contributed by atoms with van der Waals surface area (Å²) in [5, 5.41) is 4.92. The fourth-order valence-corrected chi connectivity index (χ4v) is 10.9.